The second-order valence-electron chi connectivity index (χ2n) is 7.12. The molecular formula is C20H32N2O3S. The first-order valence-electron chi connectivity index (χ1n) is 9.93. The van der Waals surface area contributed by atoms with Gasteiger partial charge in [-0.15, -0.1) is 11.3 Å². The maximum absolute atomic E-state index is 13.3. The number of carbonyl (C=O) groups is 2. The summed E-state index contributed by atoms with van der Waals surface area (Å²) in [6.45, 7) is 4.78. The van der Waals surface area contributed by atoms with Crippen LogP contribution in [0.2, 0.25) is 0 Å². The van der Waals surface area contributed by atoms with Gasteiger partial charge in [-0.1, -0.05) is 46.0 Å². The summed E-state index contributed by atoms with van der Waals surface area (Å²) in [6, 6.07) is 0.303. The van der Waals surface area contributed by atoms with Crippen molar-refractivity contribution < 1.29 is 14.3 Å². The number of ether oxygens (including phenoxy) is 1. The van der Waals surface area contributed by atoms with Crippen molar-refractivity contribution in [2.75, 3.05) is 7.11 Å². The lowest BCUT2D eigenvalue weighted by Gasteiger charge is -2.36. The van der Waals surface area contributed by atoms with Crippen LogP contribution in [0.25, 0.3) is 0 Å². The monoisotopic (exact) mass is 380 g/mol. The van der Waals surface area contributed by atoms with Gasteiger partial charge in [0.2, 0.25) is 5.91 Å². The zero-order valence-electron chi connectivity index (χ0n) is 16.3. The summed E-state index contributed by atoms with van der Waals surface area (Å²) in [4.78, 5) is 31.4. The van der Waals surface area contributed by atoms with E-state index in [0.717, 1.165) is 43.5 Å². The largest absolute Gasteiger partial charge is 0.464 e. The van der Waals surface area contributed by atoms with Crippen LogP contribution in [0.3, 0.4) is 0 Å². The molecule has 6 heteroatoms. The molecule has 1 amide bonds. The van der Waals surface area contributed by atoms with Crippen molar-refractivity contribution in [2.24, 2.45) is 5.92 Å². The van der Waals surface area contributed by atoms with Gasteiger partial charge in [-0.05, 0) is 25.7 Å². The third-order valence-electron chi connectivity index (χ3n) is 5.30. The van der Waals surface area contributed by atoms with Gasteiger partial charge in [-0.2, -0.15) is 0 Å². The van der Waals surface area contributed by atoms with Crippen LogP contribution in [-0.4, -0.2) is 34.9 Å². The highest BCUT2D eigenvalue weighted by Gasteiger charge is 2.30. The Kier molecular flexibility index (Phi) is 8.55. The molecule has 1 aliphatic rings. The minimum atomic E-state index is -0.419. The van der Waals surface area contributed by atoms with E-state index >= 15 is 0 Å². The molecular weight excluding hydrogens is 348 g/mol. The van der Waals surface area contributed by atoms with Crippen LogP contribution in [0, 0.1) is 5.92 Å². The zero-order chi connectivity index (χ0) is 18.9. The van der Waals surface area contributed by atoms with Crippen molar-refractivity contribution in [2.45, 2.75) is 84.2 Å². The molecule has 1 saturated carbocycles. The van der Waals surface area contributed by atoms with Gasteiger partial charge in [0.05, 0.1) is 13.7 Å². The molecule has 1 atom stereocenters. The molecule has 26 heavy (non-hydrogen) atoms. The first kappa shape index (κ1) is 20.9. The van der Waals surface area contributed by atoms with Crippen molar-refractivity contribution in [3.05, 3.63) is 16.1 Å². The fraction of sp³-hybridized carbons (Fsp3) is 0.750. The molecule has 0 spiro atoms. The molecule has 0 aliphatic heterocycles. The average molecular weight is 381 g/mol. The second kappa shape index (κ2) is 10.7. The van der Waals surface area contributed by atoms with Crippen molar-refractivity contribution >= 4 is 23.2 Å². The maximum Gasteiger partial charge on any atom is 0.357 e. The van der Waals surface area contributed by atoms with Gasteiger partial charge in [0.25, 0.3) is 0 Å². The SMILES string of the molecule is CCCC[C@@H](CC)C(=O)N(Cc1nc(C(=O)OC)cs1)C1CCCCC1. The fourth-order valence-electron chi connectivity index (χ4n) is 3.69. The summed E-state index contributed by atoms with van der Waals surface area (Å²) in [5.41, 5.74) is 0.335. The highest BCUT2D eigenvalue weighted by Crippen LogP contribution is 2.28. The Morgan fingerprint density at radius 3 is 2.65 bits per heavy atom. The summed E-state index contributed by atoms with van der Waals surface area (Å²) in [5, 5.41) is 2.54. The predicted octanol–water partition coefficient (Wildman–Crippen LogP) is 4.81. The van der Waals surface area contributed by atoms with Crippen LogP contribution in [0.1, 0.15) is 87.1 Å². The first-order valence-corrected chi connectivity index (χ1v) is 10.8. The molecule has 2 rings (SSSR count). The normalized spacial score (nSPS) is 16.3. The van der Waals surface area contributed by atoms with Crippen molar-refractivity contribution in [3.63, 3.8) is 0 Å². The molecule has 5 nitrogen and oxygen atoms in total. The first-order chi connectivity index (χ1) is 12.6. The number of aromatic nitrogens is 1. The van der Waals surface area contributed by atoms with E-state index in [1.54, 1.807) is 5.38 Å². The van der Waals surface area contributed by atoms with E-state index in [9.17, 15) is 9.59 Å². The highest BCUT2D eigenvalue weighted by molar-refractivity contribution is 7.09. The van der Waals surface area contributed by atoms with E-state index in [0.29, 0.717) is 18.3 Å². The molecule has 1 fully saturated rings. The number of thiazole rings is 1. The Morgan fingerprint density at radius 1 is 1.31 bits per heavy atom. The Morgan fingerprint density at radius 2 is 2.04 bits per heavy atom. The quantitative estimate of drug-likeness (QED) is 0.577. The van der Waals surface area contributed by atoms with Crippen molar-refractivity contribution in [1.82, 2.24) is 9.88 Å². The van der Waals surface area contributed by atoms with Gasteiger partial charge in [-0.3, -0.25) is 4.79 Å². The van der Waals surface area contributed by atoms with Crippen LogP contribution in [0.15, 0.2) is 5.38 Å². The second-order valence-corrected chi connectivity index (χ2v) is 8.07. The van der Waals surface area contributed by atoms with E-state index in [1.165, 1.54) is 37.7 Å². The van der Waals surface area contributed by atoms with Crippen LogP contribution in [-0.2, 0) is 16.1 Å². The number of amides is 1. The van der Waals surface area contributed by atoms with Gasteiger partial charge < -0.3 is 9.64 Å². The molecule has 1 aromatic heterocycles. The van der Waals surface area contributed by atoms with Crippen molar-refractivity contribution in [1.29, 1.82) is 0 Å². The van der Waals surface area contributed by atoms with Gasteiger partial charge in [0.15, 0.2) is 5.69 Å². The third kappa shape index (κ3) is 5.53. The lowest BCUT2D eigenvalue weighted by atomic mass is 9.91. The van der Waals surface area contributed by atoms with Crippen LogP contribution >= 0.6 is 11.3 Å². The van der Waals surface area contributed by atoms with Crippen LogP contribution in [0.5, 0.6) is 0 Å². The maximum atomic E-state index is 13.3. The molecule has 0 aromatic carbocycles. The Hall–Kier alpha value is -1.43. The third-order valence-corrected chi connectivity index (χ3v) is 6.13. The molecule has 0 saturated heterocycles. The number of rotatable bonds is 9. The van der Waals surface area contributed by atoms with Crippen molar-refractivity contribution in [3.8, 4) is 0 Å². The number of methoxy groups -OCH3 is 1. The molecule has 1 aliphatic carbocycles. The fourth-order valence-corrected chi connectivity index (χ4v) is 4.46. The van der Waals surface area contributed by atoms with E-state index in [4.69, 9.17) is 4.74 Å². The summed E-state index contributed by atoms with van der Waals surface area (Å²) < 4.78 is 4.74. The number of nitrogens with zero attached hydrogens (tertiary/aromatic N) is 2. The summed E-state index contributed by atoms with van der Waals surface area (Å²) >= 11 is 1.43. The van der Waals surface area contributed by atoms with Gasteiger partial charge >= 0.3 is 5.97 Å². The number of unbranched alkanes of at least 4 members (excludes halogenated alkanes) is 1. The number of hydrogen-bond acceptors (Lipinski definition) is 5. The van der Waals surface area contributed by atoms with Crippen LogP contribution in [0.4, 0.5) is 0 Å². The summed E-state index contributed by atoms with van der Waals surface area (Å²) in [7, 11) is 1.36. The lowest BCUT2D eigenvalue weighted by molar-refractivity contribution is -0.139. The number of esters is 1. The Balaban J connectivity index is 2.15. The van der Waals surface area contributed by atoms with E-state index in [-0.39, 0.29) is 11.8 Å². The molecule has 0 bridgehead atoms. The molecule has 1 heterocycles. The standard InChI is InChI=1S/C20H32N2O3S/c1-4-6-10-15(5-2)19(23)22(16-11-8-7-9-12-16)13-18-21-17(14-26-18)20(24)25-3/h14-16H,4-13H2,1-3H3/t15-/m1/s1. The van der Waals surface area contributed by atoms with E-state index in [1.807, 2.05) is 0 Å². The molecule has 0 N–H and O–H groups in total. The molecule has 146 valence electrons. The Labute approximate surface area is 161 Å². The van der Waals surface area contributed by atoms with E-state index < -0.39 is 5.97 Å². The lowest BCUT2D eigenvalue weighted by Crippen LogP contribution is -2.44. The van der Waals surface area contributed by atoms with Gasteiger partial charge in [0.1, 0.15) is 5.01 Å². The Bertz CT molecular complexity index is 581. The topological polar surface area (TPSA) is 59.5 Å². The average Bonchev–Trinajstić information content (AvgIpc) is 3.15. The van der Waals surface area contributed by atoms with Gasteiger partial charge in [0, 0.05) is 17.3 Å². The predicted molar refractivity (Wildman–Crippen MR) is 104 cm³/mol. The number of hydrogen-bond donors (Lipinski definition) is 0. The minimum Gasteiger partial charge on any atom is -0.464 e. The molecule has 0 unspecified atom stereocenters. The minimum absolute atomic E-state index is 0.0944. The van der Waals surface area contributed by atoms with Crippen LogP contribution < -0.4 is 0 Å². The zero-order valence-corrected chi connectivity index (χ0v) is 17.1. The summed E-state index contributed by atoms with van der Waals surface area (Å²) in [5.74, 6) is -0.0583. The van der Waals surface area contributed by atoms with Gasteiger partial charge in [-0.25, -0.2) is 9.78 Å². The smallest absolute Gasteiger partial charge is 0.357 e. The highest BCUT2D eigenvalue weighted by atomic mass is 32.1. The van der Waals surface area contributed by atoms with E-state index in [2.05, 4.69) is 23.7 Å². The molecule has 1 aromatic rings. The summed E-state index contributed by atoms with van der Waals surface area (Å²) in [6.07, 6.45) is 9.82. The number of carbonyl (C=O) groups excluding carboxylic acids is 2. The molecule has 0 radical (unpaired) electrons.